The number of aromatic nitrogens is 1. The molecule has 0 unspecified atom stereocenters. The fourth-order valence-electron chi connectivity index (χ4n) is 2.42. The second-order valence-corrected chi connectivity index (χ2v) is 6.25. The van der Waals surface area contributed by atoms with Crippen LogP contribution in [0.15, 0.2) is 12.3 Å². The summed E-state index contributed by atoms with van der Waals surface area (Å²) in [6.45, 7) is 6.38. The Balaban J connectivity index is 2.20. The lowest BCUT2D eigenvalue weighted by molar-refractivity contribution is 0.0696. The third-order valence-corrected chi connectivity index (χ3v) is 3.99. The Hall–Kier alpha value is -1.29. The topological polar surface area (TPSA) is 53.4 Å². The zero-order chi connectivity index (χ0) is 14.0. The lowest BCUT2D eigenvalue weighted by Gasteiger charge is -2.24. The van der Waals surface area contributed by atoms with Gasteiger partial charge < -0.3 is 10.0 Å². The minimum absolute atomic E-state index is 0.129. The van der Waals surface area contributed by atoms with Gasteiger partial charge in [-0.1, -0.05) is 25.4 Å². The predicted octanol–water partition coefficient (Wildman–Crippen LogP) is 3.45. The first-order valence-corrected chi connectivity index (χ1v) is 6.91. The summed E-state index contributed by atoms with van der Waals surface area (Å²) >= 11 is 6.16. The fourth-order valence-corrected chi connectivity index (χ4v) is 2.70. The Morgan fingerprint density at radius 3 is 2.79 bits per heavy atom. The van der Waals surface area contributed by atoms with Gasteiger partial charge in [0, 0.05) is 19.3 Å². The number of rotatable bonds is 2. The molecule has 2 heterocycles. The van der Waals surface area contributed by atoms with Crippen molar-refractivity contribution in [1.82, 2.24) is 4.98 Å². The van der Waals surface area contributed by atoms with Crippen molar-refractivity contribution in [2.45, 2.75) is 33.1 Å². The molecular formula is C14H19ClN2O2. The third kappa shape index (κ3) is 3.38. The minimum Gasteiger partial charge on any atom is -0.478 e. The first-order valence-electron chi connectivity index (χ1n) is 6.53. The zero-order valence-corrected chi connectivity index (χ0v) is 12.1. The van der Waals surface area contributed by atoms with Gasteiger partial charge in [0.15, 0.2) is 0 Å². The lowest BCUT2D eigenvalue weighted by Crippen LogP contribution is -2.26. The molecule has 2 rings (SSSR count). The fraction of sp³-hybridized carbons (Fsp3) is 0.571. The van der Waals surface area contributed by atoms with Gasteiger partial charge in [0.05, 0.1) is 10.6 Å². The number of halogens is 1. The molecule has 0 amide bonds. The van der Waals surface area contributed by atoms with Gasteiger partial charge in [0.2, 0.25) is 0 Å². The molecule has 0 spiro atoms. The standard InChI is InChI=1S/C14H19ClN2O2/c1-14(2)4-3-6-17(7-5-14)12-11(15)8-10(9-16-12)13(18)19/h8-9H,3-7H2,1-2H3,(H,18,19). The van der Waals surface area contributed by atoms with Crippen LogP contribution in [0, 0.1) is 5.41 Å². The van der Waals surface area contributed by atoms with Crippen LogP contribution in [0.3, 0.4) is 0 Å². The molecule has 19 heavy (non-hydrogen) atoms. The number of anilines is 1. The monoisotopic (exact) mass is 282 g/mol. The molecule has 1 fully saturated rings. The molecule has 1 aliphatic rings. The van der Waals surface area contributed by atoms with Crippen molar-refractivity contribution in [1.29, 1.82) is 0 Å². The second kappa shape index (κ2) is 5.37. The lowest BCUT2D eigenvalue weighted by atomic mass is 9.85. The van der Waals surface area contributed by atoms with Gasteiger partial charge in [0.25, 0.3) is 0 Å². The SMILES string of the molecule is CC1(C)CCCN(c2ncc(C(=O)O)cc2Cl)CC1. The molecule has 0 saturated carbocycles. The summed E-state index contributed by atoms with van der Waals surface area (Å²) in [5, 5.41) is 9.33. The Labute approximate surface area is 118 Å². The Morgan fingerprint density at radius 2 is 2.16 bits per heavy atom. The van der Waals surface area contributed by atoms with E-state index < -0.39 is 5.97 Å². The molecule has 5 heteroatoms. The average molecular weight is 283 g/mol. The minimum atomic E-state index is -1.00. The highest BCUT2D eigenvalue weighted by Crippen LogP contribution is 2.33. The second-order valence-electron chi connectivity index (χ2n) is 5.84. The maximum atomic E-state index is 10.9. The molecule has 1 aliphatic heterocycles. The summed E-state index contributed by atoms with van der Waals surface area (Å²) < 4.78 is 0. The van der Waals surface area contributed by atoms with Gasteiger partial charge in [-0.2, -0.15) is 0 Å². The van der Waals surface area contributed by atoms with Crippen molar-refractivity contribution in [2.75, 3.05) is 18.0 Å². The first-order chi connectivity index (χ1) is 8.89. The van der Waals surface area contributed by atoms with Crippen LogP contribution in [0.1, 0.15) is 43.5 Å². The van der Waals surface area contributed by atoms with Crippen LogP contribution in [0.5, 0.6) is 0 Å². The van der Waals surface area contributed by atoms with E-state index in [-0.39, 0.29) is 5.56 Å². The van der Waals surface area contributed by atoms with E-state index in [1.807, 2.05) is 0 Å². The first kappa shape index (κ1) is 14.1. The zero-order valence-electron chi connectivity index (χ0n) is 11.3. The summed E-state index contributed by atoms with van der Waals surface area (Å²) in [7, 11) is 0. The smallest absolute Gasteiger partial charge is 0.337 e. The molecule has 4 nitrogen and oxygen atoms in total. The van der Waals surface area contributed by atoms with Gasteiger partial charge in [-0.15, -0.1) is 0 Å². The van der Waals surface area contributed by atoms with E-state index in [9.17, 15) is 4.79 Å². The Kier molecular flexibility index (Phi) is 3.99. The highest BCUT2D eigenvalue weighted by molar-refractivity contribution is 6.33. The van der Waals surface area contributed by atoms with Crippen LogP contribution in [-0.4, -0.2) is 29.1 Å². The van der Waals surface area contributed by atoms with Gasteiger partial charge in [0.1, 0.15) is 5.82 Å². The number of hydrogen-bond donors (Lipinski definition) is 1. The molecule has 1 N–H and O–H groups in total. The van der Waals surface area contributed by atoms with Crippen LogP contribution in [0.25, 0.3) is 0 Å². The van der Waals surface area contributed by atoms with Gasteiger partial charge in [-0.05, 0) is 30.7 Å². The number of carbonyl (C=O) groups is 1. The van der Waals surface area contributed by atoms with E-state index in [1.165, 1.54) is 18.7 Å². The van der Waals surface area contributed by atoms with Crippen molar-refractivity contribution in [3.63, 3.8) is 0 Å². The largest absolute Gasteiger partial charge is 0.478 e. The van der Waals surface area contributed by atoms with E-state index in [0.29, 0.717) is 16.3 Å². The molecular weight excluding hydrogens is 264 g/mol. The van der Waals surface area contributed by atoms with Crippen molar-refractivity contribution >= 4 is 23.4 Å². The summed E-state index contributed by atoms with van der Waals surface area (Å²) in [6, 6.07) is 1.47. The van der Waals surface area contributed by atoms with Gasteiger partial charge in [-0.3, -0.25) is 0 Å². The molecule has 0 radical (unpaired) electrons. The molecule has 0 atom stereocenters. The molecule has 104 valence electrons. The molecule has 1 aromatic rings. The molecule has 0 aromatic carbocycles. The summed E-state index contributed by atoms with van der Waals surface area (Å²) in [5.41, 5.74) is 0.478. The van der Waals surface area contributed by atoms with E-state index in [4.69, 9.17) is 16.7 Å². The molecule has 1 saturated heterocycles. The van der Waals surface area contributed by atoms with Gasteiger partial charge >= 0.3 is 5.97 Å². The maximum absolute atomic E-state index is 10.9. The highest BCUT2D eigenvalue weighted by atomic mass is 35.5. The van der Waals surface area contributed by atoms with Crippen LogP contribution in [0.2, 0.25) is 5.02 Å². The predicted molar refractivity (Wildman–Crippen MR) is 76.1 cm³/mol. The number of carboxylic acid groups (broad SMARTS) is 1. The van der Waals surface area contributed by atoms with Crippen molar-refractivity contribution < 1.29 is 9.90 Å². The molecule has 0 aliphatic carbocycles. The van der Waals surface area contributed by atoms with Crippen LogP contribution < -0.4 is 4.90 Å². The Bertz CT molecular complexity index is 488. The molecule has 1 aromatic heterocycles. The van der Waals surface area contributed by atoms with E-state index >= 15 is 0 Å². The van der Waals surface area contributed by atoms with Crippen LogP contribution in [0.4, 0.5) is 5.82 Å². The number of aromatic carboxylic acids is 1. The number of carboxylic acids is 1. The van der Waals surface area contributed by atoms with E-state index in [1.54, 1.807) is 0 Å². The quantitative estimate of drug-likeness (QED) is 0.903. The van der Waals surface area contributed by atoms with Gasteiger partial charge in [-0.25, -0.2) is 9.78 Å². The molecule has 0 bridgehead atoms. The number of pyridine rings is 1. The normalized spacial score (nSPS) is 19.0. The summed E-state index contributed by atoms with van der Waals surface area (Å²) in [5.74, 6) is -0.303. The number of hydrogen-bond acceptors (Lipinski definition) is 3. The van der Waals surface area contributed by atoms with Crippen LogP contribution >= 0.6 is 11.6 Å². The van der Waals surface area contributed by atoms with Crippen molar-refractivity contribution in [2.24, 2.45) is 5.41 Å². The highest BCUT2D eigenvalue weighted by Gasteiger charge is 2.24. The van der Waals surface area contributed by atoms with E-state index in [0.717, 1.165) is 25.9 Å². The average Bonchev–Trinajstić information content (AvgIpc) is 2.50. The summed E-state index contributed by atoms with van der Waals surface area (Å²) in [4.78, 5) is 17.2. The third-order valence-electron chi connectivity index (χ3n) is 3.71. The Morgan fingerprint density at radius 1 is 1.42 bits per heavy atom. The summed E-state index contributed by atoms with van der Waals surface area (Å²) in [6.07, 6.45) is 4.76. The van der Waals surface area contributed by atoms with E-state index in [2.05, 4.69) is 23.7 Å². The van der Waals surface area contributed by atoms with Crippen molar-refractivity contribution in [3.8, 4) is 0 Å². The van der Waals surface area contributed by atoms with Crippen LogP contribution in [-0.2, 0) is 0 Å². The number of nitrogens with zero attached hydrogens (tertiary/aromatic N) is 2. The maximum Gasteiger partial charge on any atom is 0.337 e. The van der Waals surface area contributed by atoms with Crippen molar-refractivity contribution in [3.05, 3.63) is 22.8 Å².